The topological polar surface area (TPSA) is 115 Å². The minimum atomic E-state index is -4.84. The summed E-state index contributed by atoms with van der Waals surface area (Å²) in [5.41, 5.74) is 0. The van der Waals surface area contributed by atoms with Crippen LogP contribution < -0.4 is 0 Å². The Bertz CT molecular complexity index is 295. The van der Waals surface area contributed by atoms with Crippen molar-refractivity contribution >= 4 is 15.2 Å². The third-order valence-electron chi connectivity index (χ3n) is 3.08. The minimum absolute atomic E-state index is 0.141. The maximum absolute atomic E-state index is 11.4. The standard InChI is InChI=1S/C9H22O6P2/c1-3-5-6-7-8-9(4-2,16(10,11)12)17(13,14)15/h3-8H2,1-2H3,(H2,10,11,12)(H2,13,14,15). The predicted octanol–water partition coefficient (Wildman–Crippen LogP) is 2.42. The molecule has 6 nitrogen and oxygen atoms in total. The summed E-state index contributed by atoms with van der Waals surface area (Å²) < 4.78 is 22.8. The van der Waals surface area contributed by atoms with E-state index in [4.69, 9.17) is 0 Å². The van der Waals surface area contributed by atoms with Crippen LogP contribution in [0, 0.1) is 0 Å². The van der Waals surface area contributed by atoms with Gasteiger partial charge in [0.15, 0.2) is 4.90 Å². The number of unbranched alkanes of at least 4 members (excludes halogenated alkanes) is 3. The Balaban J connectivity index is 4.99. The molecule has 0 saturated carbocycles. The van der Waals surface area contributed by atoms with Crippen molar-refractivity contribution in [3.63, 3.8) is 0 Å². The summed E-state index contributed by atoms with van der Waals surface area (Å²) in [4.78, 5) is 34.8. The van der Waals surface area contributed by atoms with Gasteiger partial charge in [0.2, 0.25) is 0 Å². The van der Waals surface area contributed by atoms with Gasteiger partial charge in [0, 0.05) is 0 Å². The van der Waals surface area contributed by atoms with Crippen LogP contribution in [-0.2, 0) is 9.13 Å². The molecule has 0 saturated heterocycles. The van der Waals surface area contributed by atoms with Crippen LogP contribution >= 0.6 is 15.2 Å². The van der Waals surface area contributed by atoms with E-state index in [1.807, 2.05) is 6.92 Å². The van der Waals surface area contributed by atoms with Gasteiger partial charge in [-0.15, -0.1) is 0 Å². The Kier molecular flexibility index (Phi) is 6.58. The number of hydrogen-bond donors (Lipinski definition) is 4. The molecular formula is C9H22O6P2. The highest BCUT2D eigenvalue weighted by molar-refractivity contribution is 7.72. The van der Waals surface area contributed by atoms with E-state index in [1.165, 1.54) is 6.92 Å². The summed E-state index contributed by atoms with van der Waals surface area (Å²) in [7, 11) is -9.68. The first kappa shape index (κ1) is 17.3. The van der Waals surface area contributed by atoms with Crippen molar-refractivity contribution in [3.05, 3.63) is 0 Å². The van der Waals surface area contributed by atoms with Gasteiger partial charge in [0.05, 0.1) is 0 Å². The molecule has 0 aliphatic heterocycles. The van der Waals surface area contributed by atoms with Gasteiger partial charge in [-0.2, -0.15) is 0 Å². The average Bonchev–Trinajstić information content (AvgIpc) is 2.14. The summed E-state index contributed by atoms with van der Waals surface area (Å²) in [6.07, 6.45) is 2.61. The Morgan fingerprint density at radius 1 is 0.882 bits per heavy atom. The maximum atomic E-state index is 11.4. The monoisotopic (exact) mass is 288 g/mol. The van der Waals surface area contributed by atoms with Crippen LogP contribution in [0.3, 0.4) is 0 Å². The van der Waals surface area contributed by atoms with Gasteiger partial charge in [0.25, 0.3) is 0 Å². The first-order valence-electron chi connectivity index (χ1n) is 5.73. The van der Waals surface area contributed by atoms with Crippen molar-refractivity contribution in [2.24, 2.45) is 0 Å². The molecule has 0 atom stereocenters. The molecule has 0 unspecified atom stereocenters. The zero-order chi connectivity index (χ0) is 13.7. The molecule has 0 heterocycles. The smallest absolute Gasteiger partial charge is 0.324 e. The number of rotatable bonds is 8. The van der Waals surface area contributed by atoms with Crippen LogP contribution in [0.15, 0.2) is 0 Å². The first-order valence-corrected chi connectivity index (χ1v) is 8.96. The Morgan fingerprint density at radius 3 is 1.65 bits per heavy atom. The molecule has 0 rings (SSSR count). The van der Waals surface area contributed by atoms with Crippen molar-refractivity contribution in [3.8, 4) is 0 Å². The van der Waals surface area contributed by atoms with Gasteiger partial charge >= 0.3 is 15.2 Å². The molecule has 0 aromatic rings. The van der Waals surface area contributed by atoms with E-state index in [0.717, 1.165) is 19.3 Å². The van der Waals surface area contributed by atoms with Gasteiger partial charge in [-0.1, -0.05) is 39.5 Å². The lowest BCUT2D eigenvalue weighted by Crippen LogP contribution is -2.28. The quantitative estimate of drug-likeness (QED) is 0.403. The van der Waals surface area contributed by atoms with Crippen LogP contribution in [-0.4, -0.2) is 24.5 Å². The lowest BCUT2D eigenvalue weighted by Gasteiger charge is -2.33. The van der Waals surface area contributed by atoms with Crippen LogP contribution in [0.2, 0.25) is 0 Å². The highest BCUT2D eigenvalue weighted by atomic mass is 31.2. The highest BCUT2D eigenvalue weighted by Gasteiger charge is 2.57. The molecule has 0 spiro atoms. The van der Waals surface area contributed by atoms with Gasteiger partial charge in [-0.05, 0) is 12.8 Å². The van der Waals surface area contributed by atoms with E-state index < -0.39 is 20.1 Å². The minimum Gasteiger partial charge on any atom is -0.324 e. The SMILES string of the molecule is CCCCCCC(CC)(P(=O)(O)O)P(=O)(O)O. The van der Waals surface area contributed by atoms with Gasteiger partial charge in [-0.3, -0.25) is 9.13 Å². The second kappa shape index (κ2) is 6.46. The van der Waals surface area contributed by atoms with Crippen molar-refractivity contribution in [1.82, 2.24) is 0 Å². The molecule has 0 bridgehead atoms. The maximum Gasteiger partial charge on any atom is 0.343 e. The van der Waals surface area contributed by atoms with E-state index in [2.05, 4.69) is 0 Å². The highest BCUT2D eigenvalue weighted by Crippen LogP contribution is 2.72. The summed E-state index contributed by atoms with van der Waals surface area (Å²) in [5, 5.41) is 0. The second-order valence-electron chi connectivity index (χ2n) is 4.23. The van der Waals surface area contributed by atoms with E-state index in [-0.39, 0.29) is 12.8 Å². The molecule has 0 aliphatic carbocycles. The van der Waals surface area contributed by atoms with Gasteiger partial charge in [-0.25, -0.2) is 0 Å². The molecule has 0 amide bonds. The van der Waals surface area contributed by atoms with E-state index >= 15 is 0 Å². The second-order valence-corrected chi connectivity index (χ2v) is 8.48. The van der Waals surface area contributed by atoms with Gasteiger partial charge in [0.1, 0.15) is 0 Å². The van der Waals surface area contributed by atoms with E-state index in [1.54, 1.807) is 0 Å². The fourth-order valence-corrected chi connectivity index (χ4v) is 4.96. The van der Waals surface area contributed by atoms with Crippen LogP contribution in [0.1, 0.15) is 52.4 Å². The van der Waals surface area contributed by atoms with Crippen molar-refractivity contribution in [2.45, 2.75) is 57.3 Å². The molecule has 0 aliphatic rings. The fourth-order valence-electron chi connectivity index (χ4n) is 1.88. The third-order valence-corrected chi connectivity index (χ3v) is 7.89. The molecule has 0 fully saturated rings. The molecule has 0 aromatic heterocycles. The molecule has 0 aromatic carbocycles. The van der Waals surface area contributed by atoms with Crippen LogP contribution in [0.25, 0.3) is 0 Å². The zero-order valence-electron chi connectivity index (χ0n) is 10.2. The Morgan fingerprint density at radius 2 is 1.35 bits per heavy atom. The lowest BCUT2D eigenvalue weighted by atomic mass is 10.1. The van der Waals surface area contributed by atoms with Crippen molar-refractivity contribution < 1.29 is 28.7 Å². The predicted molar refractivity (Wildman–Crippen MR) is 65.9 cm³/mol. The largest absolute Gasteiger partial charge is 0.343 e. The van der Waals surface area contributed by atoms with E-state index in [0.29, 0.717) is 6.42 Å². The summed E-state index contributed by atoms with van der Waals surface area (Å²) in [6, 6.07) is 0. The summed E-state index contributed by atoms with van der Waals surface area (Å²) >= 11 is 0. The lowest BCUT2D eigenvalue weighted by molar-refractivity contribution is 0.295. The Hall–Kier alpha value is 0.300. The van der Waals surface area contributed by atoms with E-state index in [9.17, 15) is 28.7 Å². The normalized spacial score (nSPS) is 14.0. The number of hydrogen-bond acceptors (Lipinski definition) is 2. The van der Waals surface area contributed by atoms with Crippen LogP contribution in [0.4, 0.5) is 0 Å². The zero-order valence-corrected chi connectivity index (χ0v) is 12.0. The molecule has 0 radical (unpaired) electrons. The summed E-state index contributed by atoms with van der Waals surface area (Å²) in [5.74, 6) is 0. The van der Waals surface area contributed by atoms with Crippen LogP contribution in [0.5, 0.6) is 0 Å². The third kappa shape index (κ3) is 4.16. The molecule has 8 heteroatoms. The summed E-state index contributed by atoms with van der Waals surface area (Å²) in [6.45, 7) is 3.39. The molecular weight excluding hydrogens is 266 g/mol. The molecule has 4 N–H and O–H groups in total. The van der Waals surface area contributed by atoms with Gasteiger partial charge < -0.3 is 19.6 Å². The average molecular weight is 288 g/mol. The first-order chi connectivity index (χ1) is 7.62. The fraction of sp³-hybridized carbons (Fsp3) is 1.00. The van der Waals surface area contributed by atoms with Crippen molar-refractivity contribution in [1.29, 1.82) is 0 Å². The Labute approximate surface area is 102 Å². The molecule has 17 heavy (non-hydrogen) atoms. The molecule has 104 valence electrons. The van der Waals surface area contributed by atoms with Crippen molar-refractivity contribution in [2.75, 3.05) is 0 Å².